The summed E-state index contributed by atoms with van der Waals surface area (Å²) < 4.78 is 29.9. The normalized spacial score (nSPS) is 18.9. The third kappa shape index (κ3) is 3.24. The molecular weight excluding hydrogens is 268 g/mol. The molecule has 0 spiro atoms. The number of benzene rings is 1. The van der Waals surface area contributed by atoms with Gasteiger partial charge in [-0.05, 0) is 12.1 Å². The number of nitrogens with zero attached hydrogens (tertiary/aromatic N) is 1. The molecule has 1 amide bonds. The summed E-state index contributed by atoms with van der Waals surface area (Å²) in [6, 6.07) is 7.25. The zero-order valence-corrected chi connectivity index (χ0v) is 11.6. The molecule has 104 valence electrons. The third-order valence-corrected chi connectivity index (χ3v) is 3.60. The average Bonchev–Trinajstić information content (AvgIpc) is 2.34. The van der Waals surface area contributed by atoms with Gasteiger partial charge >= 0.3 is 0 Å². The van der Waals surface area contributed by atoms with E-state index in [9.17, 15) is 13.2 Å². The van der Waals surface area contributed by atoms with Gasteiger partial charge in [-0.25, -0.2) is 13.1 Å². The number of ether oxygens (including phenoxy) is 1. The molecule has 2 rings (SSSR count). The van der Waals surface area contributed by atoms with Crippen molar-refractivity contribution in [3.63, 3.8) is 0 Å². The summed E-state index contributed by atoms with van der Waals surface area (Å²) in [7, 11) is -1.57. The van der Waals surface area contributed by atoms with E-state index < -0.39 is 16.1 Å². The summed E-state index contributed by atoms with van der Waals surface area (Å²) in [5.74, 6) is 0.461. The molecule has 1 aliphatic heterocycles. The fraction of sp³-hybridized carbons (Fsp3) is 0.417. The molecule has 0 bridgehead atoms. The van der Waals surface area contributed by atoms with Crippen LogP contribution < -0.4 is 14.4 Å². The van der Waals surface area contributed by atoms with E-state index >= 15 is 0 Å². The maximum atomic E-state index is 12.1. The van der Waals surface area contributed by atoms with Gasteiger partial charge < -0.3 is 9.64 Å². The van der Waals surface area contributed by atoms with E-state index in [0.29, 0.717) is 12.2 Å². The first kappa shape index (κ1) is 13.8. The molecule has 0 saturated heterocycles. The van der Waals surface area contributed by atoms with E-state index in [4.69, 9.17) is 4.74 Å². The number of hydrogen-bond acceptors (Lipinski definition) is 4. The first-order chi connectivity index (χ1) is 8.88. The Kier molecular flexibility index (Phi) is 3.77. The number of amides is 1. The largest absolute Gasteiger partial charge is 0.478 e. The monoisotopic (exact) mass is 284 g/mol. The number of likely N-dealkylation sites (N-methyl/N-ethyl adjacent to an activating group) is 1. The van der Waals surface area contributed by atoms with Crippen LogP contribution in [0.1, 0.15) is 6.42 Å². The molecule has 0 radical (unpaired) electrons. The van der Waals surface area contributed by atoms with Gasteiger partial charge in [0.2, 0.25) is 10.0 Å². The Morgan fingerprint density at radius 3 is 2.74 bits per heavy atom. The lowest BCUT2D eigenvalue weighted by molar-refractivity contribution is -0.126. The molecule has 1 atom stereocenters. The van der Waals surface area contributed by atoms with Gasteiger partial charge in [-0.1, -0.05) is 12.1 Å². The Hall–Kier alpha value is -1.60. The minimum Gasteiger partial charge on any atom is -0.478 e. The van der Waals surface area contributed by atoms with Gasteiger partial charge in [0, 0.05) is 20.0 Å². The second kappa shape index (κ2) is 5.18. The van der Waals surface area contributed by atoms with Crippen LogP contribution in [-0.2, 0) is 14.8 Å². The van der Waals surface area contributed by atoms with Crippen molar-refractivity contribution < 1.29 is 17.9 Å². The SMILES string of the molecule is CN1C(=O)C(CCNS(C)(=O)=O)Oc2ccccc21. The fourth-order valence-corrected chi connectivity index (χ4v) is 2.42. The summed E-state index contributed by atoms with van der Waals surface area (Å²) in [5, 5.41) is 0. The van der Waals surface area contributed by atoms with E-state index in [1.165, 1.54) is 4.90 Å². The third-order valence-electron chi connectivity index (χ3n) is 2.87. The summed E-state index contributed by atoms with van der Waals surface area (Å²) >= 11 is 0. The molecule has 0 aliphatic carbocycles. The minimum atomic E-state index is -3.25. The Morgan fingerprint density at radius 1 is 1.37 bits per heavy atom. The topological polar surface area (TPSA) is 75.7 Å². The summed E-state index contributed by atoms with van der Waals surface area (Å²) in [5.41, 5.74) is 0.722. The summed E-state index contributed by atoms with van der Waals surface area (Å²) in [4.78, 5) is 13.6. The van der Waals surface area contributed by atoms with Crippen molar-refractivity contribution >= 4 is 21.6 Å². The van der Waals surface area contributed by atoms with Crippen molar-refractivity contribution in [2.24, 2.45) is 0 Å². The lowest BCUT2D eigenvalue weighted by atomic mass is 10.1. The molecule has 0 aromatic heterocycles. The fourth-order valence-electron chi connectivity index (χ4n) is 1.93. The number of rotatable bonds is 4. The van der Waals surface area contributed by atoms with Crippen LogP contribution >= 0.6 is 0 Å². The molecule has 19 heavy (non-hydrogen) atoms. The molecule has 1 heterocycles. The summed E-state index contributed by atoms with van der Waals surface area (Å²) in [6.45, 7) is 0.172. The number of hydrogen-bond donors (Lipinski definition) is 1. The van der Waals surface area contributed by atoms with Crippen LogP contribution in [0.25, 0.3) is 0 Å². The van der Waals surface area contributed by atoms with Crippen LogP contribution in [-0.4, -0.2) is 40.3 Å². The van der Waals surface area contributed by atoms with Crippen molar-refractivity contribution in [3.8, 4) is 5.75 Å². The highest BCUT2D eigenvalue weighted by Crippen LogP contribution is 2.33. The first-order valence-corrected chi connectivity index (χ1v) is 7.75. The second-order valence-corrected chi connectivity index (χ2v) is 6.26. The van der Waals surface area contributed by atoms with Crippen LogP contribution in [0.5, 0.6) is 5.75 Å². The molecule has 1 N–H and O–H groups in total. The predicted molar refractivity (Wildman–Crippen MR) is 71.7 cm³/mol. The molecule has 0 saturated carbocycles. The zero-order valence-electron chi connectivity index (χ0n) is 10.8. The average molecular weight is 284 g/mol. The Balaban J connectivity index is 2.07. The Bertz CT molecular complexity index is 585. The van der Waals surface area contributed by atoms with Crippen molar-refractivity contribution in [2.75, 3.05) is 24.7 Å². The van der Waals surface area contributed by atoms with Crippen molar-refractivity contribution in [3.05, 3.63) is 24.3 Å². The standard InChI is InChI=1S/C12H16N2O4S/c1-14-9-5-3-4-6-10(9)18-11(12(14)15)7-8-13-19(2,16)17/h3-6,11,13H,7-8H2,1-2H3. The lowest BCUT2D eigenvalue weighted by Crippen LogP contribution is -2.45. The highest BCUT2D eigenvalue weighted by atomic mass is 32.2. The maximum absolute atomic E-state index is 12.1. The van der Waals surface area contributed by atoms with Crippen molar-refractivity contribution in [1.82, 2.24) is 4.72 Å². The number of anilines is 1. The highest BCUT2D eigenvalue weighted by molar-refractivity contribution is 7.88. The quantitative estimate of drug-likeness (QED) is 0.865. The number of nitrogens with one attached hydrogen (secondary N) is 1. The number of carbonyl (C=O) groups excluding carboxylic acids is 1. The number of para-hydroxylation sites is 2. The van der Waals surface area contributed by atoms with Crippen LogP contribution in [0.2, 0.25) is 0 Å². The maximum Gasteiger partial charge on any atom is 0.267 e. The highest BCUT2D eigenvalue weighted by Gasteiger charge is 2.31. The molecule has 1 aromatic carbocycles. The lowest BCUT2D eigenvalue weighted by Gasteiger charge is -2.31. The molecule has 0 fully saturated rings. The van der Waals surface area contributed by atoms with Crippen LogP contribution in [0.4, 0.5) is 5.69 Å². The van der Waals surface area contributed by atoms with Crippen LogP contribution in [0.3, 0.4) is 0 Å². The van der Waals surface area contributed by atoms with Gasteiger partial charge in [0.1, 0.15) is 5.75 Å². The molecule has 6 nitrogen and oxygen atoms in total. The van der Waals surface area contributed by atoms with Crippen molar-refractivity contribution in [1.29, 1.82) is 0 Å². The van der Waals surface area contributed by atoms with E-state index in [-0.39, 0.29) is 12.5 Å². The number of carbonyl (C=O) groups is 1. The van der Waals surface area contributed by atoms with E-state index in [2.05, 4.69) is 4.72 Å². The Labute approximate surface area is 112 Å². The van der Waals surface area contributed by atoms with E-state index in [0.717, 1.165) is 11.9 Å². The minimum absolute atomic E-state index is 0.172. The second-order valence-electron chi connectivity index (χ2n) is 4.43. The number of fused-ring (bicyclic) bond motifs is 1. The van der Waals surface area contributed by atoms with Gasteiger partial charge in [-0.2, -0.15) is 0 Å². The Morgan fingerprint density at radius 2 is 2.05 bits per heavy atom. The van der Waals surface area contributed by atoms with Crippen LogP contribution in [0, 0.1) is 0 Å². The molecule has 7 heteroatoms. The smallest absolute Gasteiger partial charge is 0.267 e. The van der Waals surface area contributed by atoms with Gasteiger partial charge in [0.25, 0.3) is 5.91 Å². The van der Waals surface area contributed by atoms with E-state index in [1.54, 1.807) is 19.2 Å². The van der Waals surface area contributed by atoms with E-state index in [1.807, 2.05) is 12.1 Å². The van der Waals surface area contributed by atoms with Gasteiger partial charge in [-0.15, -0.1) is 0 Å². The molecule has 1 aromatic rings. The zero-order chi connectivity index (χ0) is 14.0. The molecule has 1 aliphatic rings. The van der Waals surface area contributed by atoms with Crippen molar-refractivity contribution in [2.45, 2.75) is 12.5 Å². The summed E-state index contributed by atoms with van der Waals surface area (Å²) in [6.07, 6.45) is 0.719. The van der Waals surface area contributed by atoms with Gasteiger partial charge in [-0.3, -0.25) is 4.79 Å². The molecular formula is C12H16N2O4S. The predicted octanol–water partition coefficient (Wildman–Crippen LogP) is 0.350. The number of sulfonamides is 1. The molecule has 1 unspecified atom stereocenters. The first-order valence-electron chi connectivity index (χ1n) is 5.86. The van der Waals surface area contributed by atoms with Crippen LogP contribution in [0.15, 0.2) is 24.3 Å². The van der Waals surface area contributed by atoms with Gasteiger partial charge in [0.05, 0.1) is 11.9 Å². The van der Waals surface area contributed by atoms with Gasteiger partial charge in [0.15, 0.2) is 6.10 Å².